The third kappa shape index (κ3) is 2.51. The van der Waals surface area contributed by atoms with Crippen LogP contribution in [0.15, 0.2) is 58.1 Å². The smallest absolute Gasteiger partial charge is 0.354 e. The summed E-state index contributed by atoms with van der Waals surface area (Å²) in [5.74, 6) is 0. The van der Waals surface area contributed by atoms with E-state index in [1.54, 1.807) is 31.2 Å². The molecule has 5 rings (SSSR count). The van der Waals surface area contributed by atoms with E-state index >= 15 is 0 Å². The van der Waals surface area contributed by atoms with Gasteiger partial charge in [-0.25, -0.2) is 3.97 Å². The highest BCUT2D eigenvalue weighted by Crippen LogP contribution is 2.27. The number of aryl methyl sites for hydroxylation is 2. The van der Waals surface area contributed by atoms with Gasteiger partial charge in [0.1, 0.15) is 0 Å². The van der Waals surface area contributed by atoms with Crippen LogP contribution < -0.4 is 10.9 Å². The Morgan fingerprint density at radius 1 is 0.833 bits per heavy atom. The fourth-order valence-electron chi connectivity index (χ4n) is 4.09. The van der Waals surface area contributed by atoms with E-state index < -0.39 is 10.3 Å². The highest BCUT2D eigenvalue weighted by Gasteiger charge is 2.21. The second kappa shape index (κ2) is 6.01. The van der Waals surface area contributed by atoms with Crippen molar-refractivity contribution in [1.82, 2.24) is 8.96 Å². The highest BCUT2D eigenvalue weighted by molar-refractivity contribution is 7.84. The van der Waals surface area contributed by atoms with E-state index in [2.05, 4.69) is 4.98 Å². The first kappa shape index (κ1) is 18.5. The summed E-state index contributed by atoms with van der Waals surface area (Å²) in [6.07, 6.45) is 0. The summed E-state index contributed by atoms with van der Waals surface area (Å²) in [4.78, 5) is 29.5. The summed E-state index contributed by atoms with van der Waals surface area (Å²) in [6.45, 7) is 3.52. The quantitative estimate of drug-likeness (QED) is 0.319. The standard InChI is InChI=1S/C22H16N2O5S/c1-11-6-7-17-14(8-11)22(26)15-10-19-16(9-18(15)23-17)21(25)13-5-3-4-12(2)20(13)24(19)30(27,28)29/h3-10H,1-2H3,(H,23,26)(H,27,28,29). The maximum absolute atomic E-state index is 13.2. The van der Waals surface area contributed by atoms with Gasteiger partial charge in [0.05, 0.1) is 16.6 Å². The molecule has 0 aliphatic carbocycles. The number of nitrogens with zero attached hydrogens (tertiary/aromatic N) is 1. The fourth-order valence-corrected chi connectivity index (χ4v) is 4.96. The monoisotopic (exact) mass is 420 g/mol. The Bertz CT molecular complexity index is 1780. The number of aromatic amines is 1. The first-order chi connectivity index (χ1) is 14.2. The predicted molar refractivity (Wildman–Crippen MR) is 118 cm³/mol. The molecule has 2 heterocycles. The van der Waals surface area contributed by atoms with Crippen LogP contribution in [0.3, 0.4) is 0 Å². The molecule has 2 N–H and O–H groups in total. The Hall–Kier alpha value is -3.49. The number of pyridine rings is 2. The van der Waals surface area contributed by atoms with Gasteiger partial charge in [0.25, 0.3) is 0 Å². The zero-order chi connectivity index (χ0) is 21.4. The van der Waals surface area contributed by atoms with Gasteiger partial charge in [-0.05, 0) is 49.7 Å². The molecule has 0 saturated carbocycles. The average molecular weight is 420 g/mol. The normalized spacial score (nSPS) is 12.4. The summed E-state index contributed by atoms with van der Waals surface area (Å²) < 4.78 is 35.4. The van der Waals surface area contributed by atoms with E-state index in [1.807, 2.05) is 13.0 Å². The van der Waals surface area contributed by atoms with Crippen LogP contribution in [0.2, 0.25) is 0 Å². The lowest BCUT2D eigenvalue weighted by molar-refractivity contribution is 0.476. The third-order valence-corrected chi connectivity index (χ3v) is 6.29. The van der Waals surface area contributed by atoms with Crippen LogP contribution in [0, 0.1) is 13.8 Å². The second-order valence-electron chi connectivity index (χ2n) is 7.46. The molecule has 8 heteroatoms. The van der Waals surface area contributed by atoms with E-state index in [4.69, 9.17) is 0 Å². The number of fused-ring (bicyclic) bond motifs is 4. The van der Waals surface area contributed by atoms with E-state index in [0.717, 1.165) is 9.54 Å². The van der Waals surface area contributed by atoms with Crippen LogP contribution in [0.5, 0.6) is 0 Å². The molecule has 0 aliphatic heterocycles. The number of nitrogens with one attached hydrogen (secondary N) is 1. The van der Waals surface area contributed by atoms with E-state index in [-0.39, 0.29) is 38.0 Å². The molecule has 0 atom stereocenters. The molecule has 3 aromatic carbocycles. The number of benzene rings is 3. The van der Waals surface area contributed by atoms with Crippen molar-refractivity contribution in [3.63, 3.8) is 0 Å². The Morgan fingerprint density at radius 3 is 2.27 bits per heavy atom. The van der Waals surface area contributed by atoms with Crippen LogP contribution in [-0.4, -0.2) is 21.9 Å². The lowest BCUT2D eigenvalue weighted by Crippen LogP contribution is -2.19. The molecule has 150 valence electrons. The molecule has 30 heavy (non-hydrogen) atoms. The molecule has 0 unspecified atom stereocenters. The number of hydrogen-bond donors (Lipinski definition) is 2. The molecule has 2 aromatic heterocycles. The lowest BCUT2D eigenvalue weighted by atomic mass is 10.0. The van der Waals surface area contributed by atoms with Crippen LogP contribution in [-0.2, 0) is 10.3 Å². The zero-order valence-electron chi connectivity index (χ0n) is 16.1. The molecule has 0 radical (unpaired) electrons. The predicted octanol–water partition coefficient (Wildman–Crippen LogP) is 3.42. The first-order valence-electron chi connectivity index (χ1n) is 9.19. The van der Waals surface area contributed by atoms with Crippen molar-refractivity contribution in [2.75, 3.05) is 0 Å². The summed E-state index contributed by atoms with van der Waals surface area (Å²) in [5, 5.41) is 0.934. The third-order valence-electron chi connectivity index (χ3n) is 5.45. The molecule has 0 saturated heterocycles. The topological polar surface area (TPSA) is 109 Å². The Morgan fingerprint density at radius 2 is 1.53 bits per heavy atom. The molecular formula is C22H16N2O5S. The first-order valence-corrected chi connectivity index (χ1v) is 10.6. The molecule has 0 bridgehead atoms. The molecule has 0 spiro atoms. The molecule has 7 nitrogen and oxygen atoms in total. The molecule has 0 aliphatic rings. The lowest BCUT2D eigenvalue weighted by Gasteiger charge is -2.15. The highest BCUT2D eigenvalue weighted by atomic mass is 32.2. The number of rotatable bonds is 1. The van der Waals surface area contributed by atoms with Crippen molar-refractivity contribution in [1.29, 1.82) is 0 Å². The van der Waals surface area contributed by atoms with Crippen LogP contribution in [0.25, 0.3) is 43.6 Å². The van der Waals surface area contributed by atoms with Crippen molar-refractivity contribution in [2.24, 2.45) is 0 Å². The zero-order valence-corrected chi connectivity index (χ0v) is 16.9. The van der Waals surface area contributed by atoms with E-state index in [9.17, 15) is 22.6 Å². The minimum absolute atomic E-state index is 0.0469. The SMILES string of the molecule is Cc1ccc2[nH]c3cc4c(=O)c5cccc(C)c5n(S(=O)(=O)O)c4cc3c(=O)c2c1. The summed E-state index contributed by atoms with van der Waals surface area (Å²) >= 11 is 0. The minimum atomic E-state index is -4.76. The van der Waals surface area contributed by atoms with Gasteiger partial charge in [0.2, 0.25) is 0 Å². The van der Waals surface area contributed by atoms with Gasteiger partial charge in [0.15, 0.2) is 10.9 Å². The minimum Gasteiger partial charge on any atom is -0.354 e. The van der Waals surface area contributed by atoms with Crippen LogP contribution >= 0.6 is 0 Å². The van der Waals surface area contributed by atoms with Crippen molar-refractivity contribution < 1.29 is 13.0 Å². The fraction of sp³-hybridized carbons (Fsp3) is 0.0909. The van der Waals surface area contributed by atoms with E-state index in [1.165, 1.54) is 18.2 Å². The second-order valence-corrected chi connectivity index (χ2v) is 8.72. The Balaban J connectivity index is 2.13. The van der Waals surface area contributed by atoms with Gasteiger partial charge < -0.3 is 4.98 Å². The maximum atomic E-state index is 13.2. The van der Waals surface area contributed by atoms with Crippen molar-refractivity contribution >= 4 is 53.9 Å². The van der Waals surface area contributed by atoms with Gasteiger partial charge in [-0.3, -0.25) is 14.1 Å². The summed E-state index contributed by atoms with van der Waals surface area (Å²) in [5.41, 5.74) is 1.81. The Labute approximate surface area is 170 Å². The summed E-state index contributed by atoms with van der Waals surface area (Å²) in [6, 6.07) is 13.0. The average Bonchev–Trinajstić information content (AvgIpc) is 2.68. The van der Waals surface area contributed by atoms with Gasteiger partial charge in [-0.1, -0.05) is 23.8 Å². The van der Waals surface area contributed by atoms with Gasteiger partial charge in [-0.2, -0.15) is 8.42 Å². The van der Waals surface area contributed by atoms with Crippen molar-refractivity contribution in [3.8, 4) is 0 Å². The molecule has 0 amide bonds. The van der Waals surface area contributed by atoms with Crippen LogP contribution in [0.4, 0.5) is 0 Å². The molecule has 0 fully saturated rings. The maximum Gasteiger partial charge on any atom is 0.364 e. The van der Waals surface area contributed by atoms with Crippen molar-refractivity contribution in [2.45, 2.75) is 13.8 Å². The number of para-hydroxylation sites is 1. The molecular weight excluding hydrogens is 404 g/mol. The van der Waals surface area contributed by atoms with Crippen molar-refractivity contribution in [3.05, 3.63) is 80.1 Å². The van der Waals surface area contributed by atoms with Gasteiger partial charge in [-0.15, -0.1) is 0 Å². The van der Waals surface area contributed by atoms with E-state index in [0.29, 0.717) is 22.0 Å². The van der Waals surface area contributed by atoms with Crippen LogP contribution in [0.1, 0.15) is 11.1 Å². The Kier molecular flexibility index (Phi) is 3.71. The van der Waals surface area contributed by atoms with Gasteiger partial charge in [0, 0.05) is 27.1 Å². The number of hydrogen-bond acceptors (Lipinski definition) is 4. The largest absolute Gasteiger partial charge is 0.364 e. The number of H-pyrrole nitrogens is 1. The summed E-state index contributed by atoms with van der Waals surface area (Å²) in [7, 11) is -4.76. The number of aromatic nitrogens is 2. The van der Waals surface area contributed by atoms with Gasteiger partial charge >= 0.3 is 10.3 Å². The molecule has 5 aromatic rings.